The Labute approximate surface area is 314 Å². The highest BCUT2D eigenvalue weighted by Gasteiger charge is 2.46. The molecule has 3 aromatic rings. The highest BCUT2D eigenvalue weighted by molar-refractivity contribution is 8.00. The molecule has 1 fully saturated rings. The Morgan fingerprint density at radius 1 is 1.17 bits per heavy atom. The molecule has 3 aliphatic rings. The van der Waals surface area contributed by atoms with E-state index in [4.69, 9.17) is 27.8 Å². The van der Waals surface area contributed by atoms with E-state index >= 15 is 8.78 Å². The van der Waals surface area contributed by atoms with E-state index in [9.17, 15) is 19.0 Å². The van der Waals surface area contributed by atoms with Gasteiger partial charge in [0.05, 0.1) is 56.5 Å². The van der Waals surface area contributed by atoms with Gasteiger partial charge in [0.2, 0.25) is 0 Å². The van der Waals surface area contributed by atoms with Gasteiger partial charge < -0.3 is 14.2 Å². The quantitative estimate of drug-likeness (QED) is 0.139. The number of hydrogen-bond acceptors (Lipinski definition) is 12. The highest BCUT2D eigenvalue weighted by Crippen LogP contribution is 2.50. The molecule has 54 heavy (non-hydrogen) atoms. The molecule has 0 saturated carbocycles. The van der Waals surface area contributed by atoms with Crippen molar-refractivity contribution in [2.75, 3.05) is 33.0 Å². The summed E-state index contributed by atoms with van der Waals surface area (Å²) in [5.41, 5.74) is -1.06. The number of esters is 1. The van der Waals surface area contributed by atoms with Gasteiger partial charge >= 0.3 is 13.8 Å². The Bertz CT molecular complexity index is 1950. The maximum absolute atomic E-state index is 15.7. The third-order valence-electron chi connectivity index (χ3n) is 8.21. The Hall–Kier alpha value is -4.33. The fraction of sp³-hybridized carbons (Fsp3) is 0.351. The number of hydrogen-bond donors (Lipinski definition) is 0. The van der Waals surface area contributed by atoms with Crippen LogP contribution < -0.4 is 0 Å². The van der Waals surface area contributed by atoms with E-state index < -0.39 is 55.0 Å². The van der Waals surface area contributed by atoms with Gasteiger partial charge in [-0.15, -0.1) is 18.3 Å². The highest BCUT2D eigenvalue weighted by atomic mass is 32.2. The van der Waals surface area contributed by atoms with Gasteiger partial charge in [-0.25, -0.2) is 27.4 Å². The summed E-state index contributed by atoms with van der Waals surface area (Å²) in [6, 6.07) is 9.51. The molecule has 0 spiro atoms. The molecular formula is C37H38F3N4O8PS. The van der Waals surface area contributed by atoms with Gasteiger partial charge in [0.25, 0.3) is 0 Å². The second kappa shape index (κ2) is 19.3. The first-order valence-electron chi connectivity index (χ1n) is 16.8. The van der Waals surface area contributed by atoms with Gasteiger partial charge in [0.15, 0.2) is 11.9 Å². The van der Waals surface area contributed by atoms with Gasteiger partial charge in [-0.2, -0.15) is 10.4 Å². The third-order valence-corrected chi connectivity index (χ3v) is 11.1. The van der Waals surface area contributed by atoms with Gasteiger partial charge in [-0.1, -0.05) is 30.4 Å². The molecule has 4 heterocycles. The van der Waals surface area contributed by atoms with Crippen molar-refractivity contribution in [3.05, 3.63) is 120 Å². The van der Waals surface area contributed by atoms with Crippen molar-refractivity contribution in [2.45, 2.75) is 48.7 Å². The van der Waals surface area contributed by atoms with Crippen LogP contribution in [0.5, 0.6) is 0 Å². The number of benzene rings is 2. The van der Waals surface area contributed by atoms with Crippen LogP contribution in [0.1, 0.15) is 42.0 Å². The molecule has 1 aromatic heterocycles. The van der Waals surface area contributed by atoms with Crippen molar-refractivity contribution in [1.29, 1.82) is 5.26 Å². The largest absolute Gasteiger partial charge is 0.475 e. The second-order valence-corrected chi connectivity index (χ2v) is 15.3. The molecule has 2 bridgehead atoms. The van der Waals surface area contributed by atoms with Crippen molar-refractivity contribution < 1.29 is 50.3 Å². The average molecular weight is 787 g/mol. The molecule has 3 atom stereocenters. The van der Waals surface area contributed by atoms with Crippen LogP contribution in [0.2, 0.25) is 0 Å². The number of phosphoric acid groups is 1. The van der Waals surface area contributed by atoms with Crippen LogP contribution in [0.4, 0.5) is 13.2 Å². The minimum atomic E-state index is -4.30. The van der Waals surface area contributed by atoms with E-state index in [0.29, 0.717) is 11.6 Å². The number of carbonyl (C=O) groups excluding carboxylic acids is 1. The number of phosphoric ester groups is 1. The maximum Gasteiger partial charge on any atom is 0.475 e. The lowest BCUT2D eigenvalue weighted by molar-refractivity contribution is -0.164. The summed E-state index contributed by atoms with van der Waals surface area (Å²) in [5, 5.41) is 12.6. The van der Waals surface area contributed by atoms with Gasteiger partial charge in [-0.05, 0) is 55.3 Å². The summed E-state index contributed by atoms with van der Waals surface area (Å²) < 4.78 is 94.3. The van der Waals surface area contributed by atoms with Gasteiger partial charge in [0, 0.05) is 28.9 Å². The van der Waals surface area contributed by atoms with Crippen LogP contribution in [0.25, 0.3) is 11.9 Å². The zero-order valence-corrected chi connectivity index (χ0v) is 30.9. The van der Waals surface area contributed by atoms with E-state index in [2.05, 4.69) is 16.7 Å². The molecule has 0 N–H and O–H groups in total. The molecule has 0 radical (unpaired) electrons. The third kappa shape index (κ3) is 10.9. The van der Waals surface area contributed by atoms with Crippen LogP contribution in [0.3, 0.4) is 0 Å². The van der Waals surface area contributed by atoms with Crippen LogP contribution in [-0.4, -0.2) is 70.6 Å². The fourth-order valence-electron chi connectivity index (χ4n) is 5.59. The van der Waals surface area contributed by atoms with Gasteiger partial charge in [-0.3, -0.25) is 18.4 Å². The summed E-state index contributed by atoms with van der Waals surface area (Å²) in [7, 11) is -4.30. The second-order valence-electron chi connectivity index (χ2n) is 12.0. The van der Waals surface area contributed by atoms with E-state index in [1.165, 1.54) is 47.3 Å². The maximum atomic E-state index is 15.7. The molecule has 3 aliphatic heterocycles. The number of fused-ring (bicyclic) bond motifs is 15. The summed E-state index contributed by atoms with van der Waals surface area (Å²) in [6.45, 7) is 4.47. The van der Waals surface area contributed by atoms with E-state index in [0.717, 1.165) is 12.1 Å². The predicted molar refractivity (Wildman–Crippen MR) is 194 cm³/mol. The number of allylic oxidation sites excluding steroid dienone is 2. The smallest absolute Gasteiger partial charge is 0.451 e. The molecule has 6 rings (SSSR count). The lowest BCUT2D eigenvalue weighted by Crippen LogP contribution is -2.47. The lowest BCUT2D eigenvalue weighted by Gasteiger charge is -2.40. The zero-order valence-electron chi connectivity index (χ0n) is 29.2. The number of ether oxygens (including phenoxy) is 3. The monoisotopic (exact) mass is 786 g/mol. The molecule has 0 aliphatic carbocycles. The molecular weight excluding hydrogens is 748 g/mol. The van der Waals surface area contributed by atoms with Gasteiger partial charge in [0.1, 0.15) is 30.1 Å². The molecule has 1 unspecified atom stereocenters. The SMILES string of the molecule is C=CCOP1(=O)OC/C=C(/F)c2cc(C#N)ccc2/C=C/C=C/C2OCC(CO2)S[C@H](C)[C@](Cn2cncn2)(c2ccc(F)cc2F)OC(=O)CCCO1. The van der Waals surface area contributed by atoms with Crippen molar-refractivity contribution in [3.8, 4) is 6.07 Å². The molecule has 0 amide bonds. The number of thioether (sulfide) groups is 1. The number of nitrogens with zero attached hydrogens (tertiary/aromatic N) is 4. The Morgan fingerprint density at radius 3 is 2.70 bits per heavy atom. The predicted octanol–water partition coefficient (Wildman–Crippen LogP) is 7.45. The van der Waals surface area contributed by atoms with Crippen LogP contribution >= 0.6 is 19.6 Å². The summed E-state index contributed by atoms with van der Waals surface area (Å²) in [6.07, 6.45) is 10.6. The average Bonchev–Trinajstić information content (AvgIpc) is 3.67. The van der Waals surface area contributed by atoms with Crippen LogP contribution in [0.15, 0.2) is 86.0 Å². The lowest BCUT2D eigenvalue weighted by atomic mass is 9.89. The molecule has 286 valence electrons. The molecule has 12 nitrogen and oxygen atoms in total. The Morgan fingerprint density at radius 2 is 1.98 bits per heavy atom. The van der Waals surface area contributed by atoms with Crippen molar-refractivity contribution in [3.63, 3.8) is 0 Å². The summed E-state index contributed by atoms with van der Waals surface area (Å²) >= 11 is 1.33. The summed E-state index contributed by atoms with van der Waals surface area (Å²) in [4.78, 5) is 17.6. The minimum Gasteiger partial charge on any atom is -0.451 e. The minimum absolute atomic E-state index is 0.0451. The summed E-state index contributed by atoms with van der Waals surface area (Å²) in [5.74, 6) is -3.28. The van der Waals surface area contributed by atoms with E-state index in [1.54, 1.807) is 43.4 Å². The number of halogens is 3. The Kier molecular flexibility index (Phi) is 14.6. The van der Waals surface area contributed by atoms with Crippen molar-refractivity contribution in [1.82, 2.24) is 14.8 Å². The van der Waals surface area contributed by atoms with E-state index in [1.807, 2.05) is 6.07 Å². The fourth-order valence-corrected chi connectivity index (χ4v) is 8.07. The van der Waals surface area contributed by atoms with E-state index in [-0.39, 0.29) is 67.8 Å². The number of rotatable bonds is 6. The standard InChI is InChI=1S/C37H38F3N4O8PS/c1-3-15-49-53(46)50-16-6-8-35(45)52-37(23-44-25-42-24-43-44,32-13-12-29(38)19-34(32)40)26(2)54-30-21-47-36(48-22-30)9-5-4-7-28-11-10-27(20-41)18-31(28)33(39)14-17-51-53/h3-5,7,9-14,18-19,24-26,30,36H,1,6,8,15-17,21-23H2,2H3/b7-4+,9-5+,33-14+/t26-,30?,36?,37-,53?/m1/s1. The Balaban J connectivity index is 1.47. The van der Waals surface area contributed by atoms with Crippen molar-refractivity contribution in [2.24, 2.45) is 0 Å². The first kappa shape index (κ1) is 40.8. The molecule has 17 heteroatoms. The number of aromatic nitrogens is 3. The zero-order chi connectivity index (χ0) is 38.6. The van der Waals surface area contributed by atoms with Crippen molar-refractivity contribution >= 4 is 37.5 Å². The molecule has 2 aromatic carbocycles. The number of carbonyl (C=O) groups is 1. The first-order valence-corrected chi connectivity index (χ1v) is 19.2. The molecule has 1 saturated heterocycles. The first-order chi connectivity index (χ1) is 26.0. The van der Waals surface area contributed by atoms with Crippen LogP contribution in [0, 0.1) is 23.0 Å². The number of nitriles is 1. The van der Waals surface area contributed by atoms with Crippen LogP contribution in [-0.2, 0) is 49.3 Å². The topological polar surface area (TPSA) is 144 Å². The normalized spacial score (nSPS) is 28.3.